The standard InChI is InChI=1S/C23H20O2/c1-2-25-23(24)17-22(20-11-7-4-8-12-20)21-15-13-19(14-16-21)18-9-5-3-6-10-18/h3-17H,2H2,1H3/b22-17-. The number of benzene rings is 3. The van der Waals surface area contributed by atoms with Crippen LogP contribution in [0, 0.1) is 0 Å². The quantitative estimate of drug-likeness (QED) is 0.466. The molecular formula is C23H20O2. The Bertz CT molecular complexity index is 848. The van der Waals surface area contributed by atoms with E-state index in [1.807, 2.05) is 67.6 Å². The molecule has 0 aliphatic rings. The summed E-state index contributed by atoms with van der Waals surface area (Å²) in [6.45, 7) is 2.17. The second-order valence-electron chi connectivity index (χ2n) is 5.62. The molecule has 0 aromatic heterocycles. The molecule has 3 aromatic rings. The highest BCUT2D eigenvalue weighted by molar-refractivity contribution is 5.96. The molecule has 0 heterocycles. The van der Waals surface area contributed by atoms with Gasteiger partial charge in [0.1, 0.15) is 0 Å². The van der Waals surface area contributed by atoms with Crippen LogP contribution in [0.2, 0.25) is 0 Å². The molecule has 0 fully saturated rings. The number of hydrogen-bond acceptors (Lipinski definition) is 2. The van der Waals surface area contributed by atoms with Crippen LogP contribution in [0.1, 0.15) is 18.1 Å². The van der Waals surface area contributed by atoms with Crippen molar-refractivity contribution in [2.24, 2.45) is 0 Å². The third-order valence-electron chi connectivity index (χ3n) is 3.94. The van der Waals surface area contributed by atoms with E-state index in [0.29, 0.717) is 6.61 Å². The van der Waals surface area contributed by atoms with Crippen molar-refractivity contribution in [3.63, 3.8) is 0 Å². The van der Waals surface area contributed by atoms with Crippen LogP contribution in [0.4, 0.5) is 0 Å². The first-order chi connectivity index (χ1) is 12.3. The van der Waals surface area contributed by atoms with Gasteiger partial charge in [-0.3, -0.25) is 0 Å². The Morgan fingerprint density at radius 1 is 0.760 bits per heavy atom. The van der Waals surface area contributed by atoms with Crippen LogP contribution < -0.4 is 0 Å². The van der Waals surface area contributed by atoms with Crippen LogP contribution in [0.3, 0.4) is 0 Å². The zero-order chi connectivity index (χ0) is 17.5. The molecule has 0 bridgehead atoms. The van der Waals surface area contributed by atoms with Crippen molar-refractivity contribution < 1.29 is 9.53 Å². The number of esters is 1. The van der Waals surface area contributed by atoms with Crippen LogP contribution in [0.25, 0.3) is 16.7 Å². The van der Waals surface area contributed by atoms with E-state index in [4.69, 9.17) is 4.74 Å². The lowest BCUT2D eigenvalue weighted by atomic mass is 9.95. The molecule has 2 nitrogen and oxygen atoms in total. The van der Waals surface area contributed by atoms with Gasteiger partial charge < -0.3 is 4.74 Å². The smallest absolute Gasteiger partial charge is 0.331 e. The minimum atomic E-state index is -0.325. The second kappa shape index (κ2) is 8.11. The molecule has 0 aliphatic heterocycles. The molecule has 0 unspecified atom stereocenters. The maximum atomic E-state index is 12.0. The van der Waals surface area contributed by atoms with E-state index in [2.05, 4.69) is 24.3 Å². The SMILES string of the molecule is CCOC(=O)/C=C(/c1ccccc1)c1ccc(-c2ccccc2)cc1. The number of carbonyl (C=O) groups is 1. The minimum absolute atomic E-state index is 0.325. The first-order valence-electron chi connectivity index (χ1n) is 8.37. The van der Waals surface area contributed by atoms with Gasteiger partial charge >= 0.3 is 5.97 Å². The summed E-state index contributed by atoms with van der Waals surface area (Å²) < 4.78 is 5.09. The van der Waals surface area contributed by atoms with Crippen molar-refractivity contribution in [1.82, 2.24) is 0 Å². The lowest BCUT2D eigenvalue weighted by Crippen LogP contribution is -2.01. The van der Waals surface area contributed by atoms with Gasteiger partial charge in [0.05, 0.1) is 6.61 Å². The summed E-state index contributed by atoms with van der Waals surface area (Å²) in [6.07, 6.45) is 1.57. The van der Waals surface area contributed by atoms with Crippen molar-refractivity contribution in [2.75, 3.05) is 6.61 Å². The van der Waals surface area contributed by atoms with E-state index >= 15 is 0 Å². The highest BCUT2D eigenvalue weighted by Gasteiger charge is 2.09. The summed E-state index contributed by atoms with van der Waals surface area (Å²) in [7, 11) is 0. The largest absolute Gasteiger partial charge is 0.463 e. The van der Waals surface area contributed by atoms with Crippen LogP contribution >= 0.6 is 0 Å². The van der Waals surface area contributed by atoms with Gasteiger partial charge in [-0.2, -0.15) is 0 Å². The fourth-order valence-corrected chi connectivity index (χ4v) is 2.73. The molecular weight excluding hydrogens is 308 g/mol. The van der Waals surface area contributed by atoms with Crippen molar-refractivity contribution in [3.8, 4) is 11.1 Å². The van der Waals surface area contributed by atoms with E-state index < -0.39 is 0 Å². The number of ether oxygens (including phenoxy) is 1. The first-order valence-corrected chi connectivity index (χ1v) is 8.37. The summed E-state index contributed by atoms with van der Waals surface area (Å²) in [5, 5.41) is 0. The predicted molar refractivity (Wildman–Crippen MR) is 102 cm³/mol. The van der Waals surface area contributed by atoms with Crippen molar-refractivity contribution in [2.45, 2.75) is 6.92 Å². The van der Waals surface area contributed by atoms with E-state index in [-0.39, 0.29) is 5.97 Å². The second-order valence-corrected chi connectivity index (χ2v) is 5.62. The van der Waals surface area contributed by atoms with Gasteiger partial charge in [-0.05, 0) is 34.8 Å². The summed E-state index contributed by atoms with van der Waals surface area (Å²) >= 11 is 0. The van der Waals surface area contributed by atoms with E-state index in [0.717, 1.165) is 22.3 Å². The normalized spacial score (nSPS) is 11.2. The zero-order valence-corrected chi connectivity index (χ0v) is 14.2. The molecule has 0 N–H and O–H groups in total. The van der Waals surface area contributed by atoms with Crippen molar-refractivity contribution >= 4 is 11.5 Å². The molecule has 3 rings (SSSR count). The molecule has 25 heavy (non-hydrogen) atoms. The fourth-order valence-electron chi connectivity index (χ4n) is 2.73. The van der Waals surface area contributed by atoms with Crippen LogP contribution in [-0.2, 0) is 9.53 Å². The first kappa shape index (κ1) is 16.7. The van der Waals surface area contributed by atoms with Gasteiger partial charge in [-0.15, -0.1) is 0 Å². The Kier molecular flexibility index (Phi) is 5.43. The third kappa shape index (κ3) is 4.24. The predicted octanol–water partition coefficient (Wildman–Crippen LogP) is 5.35. The summed E-state index contributed by atoms with van der Waals surface area (Å²) in [5.41, 5.74) is 5.15. The molecule has 0 spiro atoms. The summed E-state index contributed by atoms with van der Waals surface area (Å²) in [5.74, 6) is -0.325. The Hall–Kier alpha value is -3.13. The molecule has 2 heteroatoms. The van der Waals surface area contributed by atoms with Gasteiger partial charge in [0.25, 0.3) is 0 Å². The molecule has 0 atom stereocenters. The Labute approximate surface area is 148 Å². The topological polar surface area (TPSA) is 26.3 Å². The fraction of sp³-hybridized carbons (Fsp3) is 0.0870. The molecule has 0 amide bonds. The van der Waals surface area contributed by atoms with E-state index in [1.54, 1.807) is 6.08 Å². The molecule has 0 saturated heterocycles. The Morgan fingerprint density at radius 3 is 1.88 bits per heavy atom. The minimum Gasteiger partial charge on any atom is -0.463 e. The maximum absolute atomic E-state index is 12.0. The highest BCUT2D eigenvalue weighted by atomic mass is 16.5. The van der Waals surface area contributed by atoms with Crippen LogP contribution in [0.5, 0.6) is 0 Å². The molecule has 0 aliphatic carbocycles. The molecule has 0 radical (unpaired) electrons. The highest BCUT2D eigenvalue weighted by Crippen LogP contribution is 2.26. The van der Waals surface area contributed by atoms with Crippen molar-refractivity contribution in [3.05, 3.63) is 102 Å². The Morgan fingerprint density at radius 2 is 1.28 bits per heavy atom. The number of carbonyl (C=O) groups excluding carboxylic acids is 1. The van der Waals surface area contributed by atoms with Crippen LogP contribution in [0.15, 0.2) is 91.0 Å². The number of rotatable bonds is 5. The number of hydrogen-bond donors (Lipinski definition) is 0. The van der Waals surface area contributed by atoms with Gasteiger partial charge in [0.2, 0.25) is 0 Å². The third-order valence-corrected chi connectivity index (χ3v) is 3.94. The van der Waals surface area contributed by atoms with Gasteiger partial charge in [0.15, 0.2) is 0 Å². The lowest BCUT2D eigenvalue weighted by Gasteiger charge is -2.10. The Balaban J connectivity index is 1.98. The summed E-state index contributed by atoms with van der Waals surface area (Å²) in [6, 6.07) is 28.4. The van der Waals surface area contributed by atoms with E-state index in [9.17, 15) is 4.79 Å². The van der Waals surface area contributed by atoms with E-state index in [1.165, 1.54) is 5.56 Å². The van der Waals surface area contributed by atoms with Gasteiger partial charge in [-0.1, -0.05) is 84.9 Å². The molecule has 0 saturated carbocycles. The molecule has 3 aromatic carbocycles. The van der Waals surface area contributed by atoms with Gasteiger partial charge in [0, 0.05) is 6.08 Å². The average Bonchev–Trinajstić information content (AvgIpc) is 2.68. The lowest BCUT2D eigenvalue weighted by molar-refractivity contribution is -0.137. The van der Waals surface area contributed by atoms with Gasteiger partial charge in [-0.25, -0.2) is 4.79 Å². The summed E-state index contributed by atoms with van der Waals surface area (Å²) in [4.78, 5) is 12.0. The molecule has 124 valence electrons. The van der Waals surface area contributed by atoms with Crippen molar-refractivity contribution in [1.29, 1.82) is 0 Å². The zero-order valence-electron chi connectivity index (χ0n) is 14.2. The average molecular weight is 328 g/mol. The maximum Gasteiger partial charge on any atom is 0.331 e. The van der Waals surface area contributed by atoms with Crippen LogP contribution in [-0.4, -0.2) is 12.6 Å². The monoisotopic (exact) mass is 328 g/mol.